The SMILES string of the molecule is C.Cc1ccc(S(=O)(=O)Cc2cc(-c3cccc(Cc4ccccc4)c3)no2)cc1C.Cc1ccc(S(=O)(=O)Cl)cc1C.Nc1cc(-c2cccc(Br)c2)no1.Nc1cc(-c2cccc(Cc3ccccc3)c2)no1.[Br-].[CH2-]c1ccccc1.[Zn+2]. The zero-order valence-corrected chi connectivity index (χ0v) is 54.7. The Morgan fingerprint density at radius 1 is 0.464 bits per heavy atom. The Kier molecular flexibility index (Phi) is 27.3. The molecule has 0 amide bonds. The molecule has 0 atom stereocenters. The number of nitrogens with zero attached hydrogens (tertiary/aromatic N) is 3. The first kappa shape index (κ1) is 69.1. The largest absolute Gasteiger partial charge is 2.00 e. The number of rotatable bonds is 11. The van der Waals surface area contributed by atoms with Crippen LogP contribution in [0, 0.1) is 34.6 Å². The van der Waals surface area contributed by atoms with Gasteiger partial charge < -0.3 is 42.0 Å². The van der Waals surface area contributed by atoms with E-state index in [-0.39, 0.29) is 54.5 Å². The van der Waals surface area contributed by atoms with Crippen LogP contribution in [0.15, 0.2) is 246 Å². The third-order valence-electron chi connectivity index (χ3n) is 12.5. The number of sulfone groups is 1. The maximum absolute atomic E-state index is 12.8. The molecule has 3 heterocycles. The molecule has 0 unspecified atom stereocenters. The van der Waals surface area contributed by atoms with Gasteiger partial charge in [0.25, 0.3) is 9.05 Å². The average molecular weight is 1360 g/mol. The standard InChI is InChI=1S/C25H23NO3S.C16H14N2O.C9H7BrN2O.C8H9ClO2S.C7H7.CH4.BrH.Zn/c1-18-11-12-24(13-19(18)2)30(27,28)17-23-16-25(26-29-23)22-10-6-9-21(15-22)14-20-7-4-3-5-8-20;17-16-11-15(18-19-16)14-8-4-7-13(10-14)9-12-5-2-1-3-6-12;10-7-3-1-2-6(4-7)8-5-9(11)13-12-8;1-6-3-4-8(5-7(6)2)12(9,10)11;1-7-5-3-2-4-6-7;;;/h3-13,15-16H,14,17H2,1-2H3;1-8,10-11H,9,17H2;1-5H,11H2;3-5H,1-2H3;2-6H,1H2;1H4;1H;/q;;;;-1;;;+2/p-1. The van der Waals surface area contributed by atoms with E-state index in [0.717, 1.165) is 78.8 Å². The maximum Gasteiger partial charge on any atom is 2.00 e. The van der Waals surface area contributed by atoms with Gasteiger partial charge in [0.05, 0.1) is 9.79 Å². The van der Waals surface area contributed by atoms with Gasteiger partial charge in [-0.05, 0) is 134 Å². The van der Waals surface area contributed by atoms with Crippen molar-refractivity contribution in [1.29, 1.82) is 0 Å². The summed E-state index contributed by atoms with van der Waals surface area (Å²) in [4.78, 5) is 0.459. The molecule has 8 aromatic carbocycles. The Morgan fingerprint density at radius 2 is 0.857 bits per heavy atom. The Hall–Kier alpha value is -7.37. The molecule has 3 aromatic heterocycles. The van der Waals surface area contributed by atoms with Crippen LogP contribution in [0.2, 0.25) is 0 Å². The molecule has 0 radical (unpaired) electrons. The van der Waals surface area contributed by atoms with E-state index in [1.165, 1.54) is 22.8 Å². The van der Waals surface area contributed by atoms with Gasteiger partial charge in [-0.2, -0.15) is 24.6 Å². The number of halogens is 3. The van der Waals surface area contributed by atoms with Gasteiger partial charge in [0, 0.05) is 50.0 Å². The summed E-state index contributed by atoms with van der Waals surface area (Å²) >= 11 is 3.38. The Balaban J connectivity index is 0.000000242. The fourth-order valence-electron chi connectivity index (χ4n) is 7.88. The van der Waals surface area contributed by atoms with Gasteiger partial charge in [0.15, 0.2) is 15.6 Å². The smallest absolute Gasteiger partial charge is 1.00 e. The molecule has 0 aliphatic rings. The summed E-state index contributed by atoms with van der Waals surface area (Å²) in [5.74, 6) is 0.779. The van der Waals surface area contributed by atoms with Crippen molar-refractivity contribution in [2.24, 2.45) is 0 Å². The molecule has 18 heteroatoms. The van der Waals surface area contributed by atoms with E-state index in [0.29, 0.717) is 28.1 Å². The minimum Gasteiger partial charge on any atom is -1.00 e. The van der Waals surface area contributed by atoms with Crippen molar-refractivity contribution >= 4 is 57.3 Å². The normalized spacial score (nSPS) is 10.5. The minimum absolute atomic E-state index is 0. The predicted molar refractivity (Wildman–Crippen MR) is 334 cm³/mol. The van der Waals surface area contributed by atoms with Gasteiger partial charge in [0.1, 0.15) is 22.8 Å². The first-order valence-corrected chi connectivity index (χ1v) is 30.1. The first-order chi connectivity index (χ1) is 38.8. The van der Waals surface area contributed by atoms with Crippen LogP contribution in [-0.2, 0) is 57.0 Å². The molecular weight excluding hydrogens is 1300 g/mol. The topological polar surface area (TPSA) is 198 Å². The zero-order chi connectivity index (χ0) is 57.9. The number of benzene rings is 8. The van der Waals surface area contributed by atoms with Crippen molar-refractivity contribution in [2.75, 3.05) is 11.5 Å². The third-order valence-corrected chi connectivity index (χ3v) is 15.9. The third kappa shape index (κ3) is 21.7. The van der Waals surface area contributed by atoms with Crippen molar-refractivity contribution in [3.63, 3.8) is 0 Å². The van der Waals surface area contributed by atoms with Gasteiger partial charge >= 0.3 is 19.5 Å². The van der Waals surface area contributed by atoms with E-state index in [9.17, 15) is 16.8 Å². The summed E-state index contributed by atoms with van der Waals surface area (Å²) in [6.45, 7) is 11.4. The van der Waals surface area contributed by atoms with E-state index in [2.05, 4.69) is 99.0 Å². The molecular formula is C66H64Br2ClN5O7S2Zn. The summed E-state index contributed by atoms with van der Waals surface area (Å²) < 4.78 is 63.3. The summed E-state index contributed by atoms with van der Waals surface area (Å²) in [5, 5.41) is 11.8. The van der Waals surface area contributed by atoms with Gasteiger partial charge in [-0.25, -0.2) is 16.8 Å². The van der Waals surface area contributed by atoms with Crippen LogP contribution in [0.25, 0.3) is 33.8 Å². The summed E-state index contributed by atoms with van der Waals surface area (Å²) in [6.07, 6.45) is 1.72. The number of anilines is 2. The van der Waals surface area contributed by atoms with Crippen LogP contribution in [-0.4, -0.2) is 32.3 Å². The number of hydrogen-bond acceptors (Lipinski definition) is 12. The predicted octanol–water partition coefficient (Wildman–Crippen LogP) is 13.5. The molecule has 0 fully saturated rings. The molecule has 0 aliphatic heterocycles. The molecule has 0 aliphatic carbocycles. The number of hydrogen-bond donors (Lipinski definition) is 2. The van der Waals surface area contributed by atoms with E-state index in [1.807, 2.05) is 137 Å². The van der Waals surface area contributed by atoms with E-state index in [4.69, 9.17) is 35.7 Å². The molecule has 0 bridgehead atoms. The Morgan fingerprint density at radius 3 is 1.26 bits per heavy atom. The molecule has 0 saturated heterocycles. The van der Waals surface area contributed by atoms with Gasteiger partial charge in [0.2, 0.25) is 11.8 Å². The molecule has 4 N–H and O–H groups in total. The second kappa shape index (κ2) is 33.2. The minimum atomic E-state index is -3.57. The maximum atomic E-state index is 12.8. The van der Waals surface area contributed by atoms with E-state index < -0.39 is 18.9 Å². The van der Waals surface area contributed by atoms with Crippen LogP contribution in [0.5, 0.6) is 0 Å². The van der Waals surface area contributed by atoms with Crippen LogP contribution in [0.3, 0.4) is 0 Å². The molecule has 0 saturated carbocycles. The molecule has 84 heavy (non-hydrogen) atoms. The Bertz CT molecular complexity index is 4040. The van der Waals surface area contributed by atoms with E-state index >= 15 is 0 Å². The second-order valence-electron chi connectivity index (χ2n) is 18.8. The number of aromatic nitrogens is 3. The summed E-state index contributed by atoms with van der Waals surface area (Å²) in [7, 11) is -1.92. The van der Waals surface area contributed by atoms with Crippen molar-refractivity contribution in [3.8, 4) is 33.8 Å². The number of aryl methyl sites for hydroxylation is 4. The average Bonchev–Trinajstić information content (AvgIpc) is 4.08. The summed E-state index contributed by atoms with van der Waals surface area (Å²) in [6, 6.07) is 69.7. The van der Waals surface area contributed by atoms with Crippen molar-refractivity contribution in [2.45, 2.75) is 63.5 Å². The fourth-order valence-corrected chi connectivity index (χ4v) is 10.4. The number of nitrogen functional groups attached to an aromatic ring is 2. The molecule has 430 valence electrons. The van der Waals surface area contributed by atoms with Crippen molar-refractivity contribution in [3.05, 3.63) is 286 Å². The second-order valence-corrected chi connectivity index (χ2v) is 24.3. The quantitative estimate of drug-likeness (QED) is 0.0707. The molecule has 0 spiro atoms. The monoisotopic (exact) mass is 1360 g/mol. The summed E-state index contributed by atoms with van der Waals surface area (Å²) in [5.41, 5.74) is 26.0. The molecule has 12 nitrogen and oxygen atoms in total. The van der Waals surface area contributed by atoms with Gasteiger partial charge in [-0.1, -0.05) is 166 Å². The first-order valence-electron chi connectivity index (χ1n) is 25.4. The molecule has 11 aromatic rings. The van der Waals surface area contributed by atoms with E-state index in [1.54, 1.807) is 42.5 Å². The number of nitrogens with two attached hydrogens (primary N) is 2. The Labute approximate surface area is 529 Å². The van der Waals surface area contributed by atoms with Gasteiger partial charge in [-0.3, -0.25) is 0 Å². The van der Waals surface area contributed by atoms with Crippen LogP contribution in [0.4, 0.5) is 11.8 Å². The van der Waals surface area contributed by atoms with Crippen molar-refractivity contribution in [1.82, 2.24) is 15.5 Å². The zero-order valence-electron chi connectivity index (χ0n) is 46.1. The molecule has 11 rings (SSSR count). The van der Waals surface area contributed by atoms with Gasteiger partial charge in [-0.15, -0.1) is 12.1 Å². The van der Waals surface area contributed by atoms with Crippen LogP contribution in [0.1, 0.15) is 63.3 Å². The fraction of sp³-hybridized carbons (Fsp3) is 0.121. The van der Waals surface area contributed by atoms with Crippen LogP contribution >= 0.6 is 26.6 Å². The van der Waals surface area contributed by atoms with Crippen molar-refractivity contribution < 1.29 is 66.9 Å². The van der Waals surface area contributed by atoms with Crippen LogP contribution < -0.4 is 28.4 Å².